The highest BCUT2D eigenvalue weighted by Gasteiger charge is 2.05. The summed E-state index contributed by atoms with van der Waals surface area (Å²) in [7, 11) is 0. The highest BCUT2D eigenvalue weighted by atomic mass is 35.5. The summed E-state index contributed by atoms with van der Waals surface area (Å²) in [5.74, 6) is 0.180. The fourth-order valence-electron chi connectivity index (χ4n) is 2.09. The van der Waals surface area contributed by atoms with Crippen LogP contribution >= 0.6 is 11.6 Å². The number of aliphatic imine (C=N–C) groups is 1. The minimum atomic E-state index is -0.375. The summed E-state index contributed by atoms with van der Waals surface area (Å²) >= 11 is 6.13. The smallest absolute Gasteiger partial charge is 0.191 e. The normalized spacial score (nSPS) is 11.0. The Balaban J connectivity index is 2.08. The van der Waals surface area contributed by atoms with Gasteiger partial charge in [-0.15, -0.1) is 0 Å². The molecule has 4 nitrogen and oxygen atoms in total. The quantitative estimate of drug-likeness (QED) is 0.643. The van der Waals surface area contributed by atoms with Gasteiger partial charge in [0.25, 0.3) is 0 Å². The monoisotopic (exact) mass is 344 g/mol. The van der Waals surface area contributed by atoms with Crippen molar-refractivity contribution in [3.63, 3.8) is 0 Å². The lowest BCUT2D eigenvalue weighted by Crippen LogP contribution is -2.36. The third-order valence-electron chi connectivity index (χ3n) is 3.33. The van der Waals surface area contributed by atoms with Crippen LogP contribution in [-0.2, 0) is 13.1 Å². The van der Waals surface area contributed by atoms with Crippen LogP contribution in [-0.4, -0.2) is 12.5 Å². The molecule has 0 aliphatic carbocycles. The molecule has 0 spiro atoms. The third kappa shape index (κ3) is 4.97. The van der Waals surface area contributed by atoms with Gasteiger partial charge in [-0.05, 0) is 36.8 Å². The second kappa shape index (κ2) is 8.90. The number of benzene rings is 2. The summed E-state index contributed by atoms with van der Waals surface area (Å²) < 4.78 is 13.8. The van der Waals surface area contributed by atoms with E-state index in [0.717, 1.165) is 5.56 Å². The van der Waals surface area contributed by atoms with E-state index >= 15 is 0 Å². The fourth-order valence-corrected chi connectivity index (χ4v) is 2.29. The van der Waals surface area contributed by atoms with Gasteiger partial charge in [0.15, 0.2) is 5.96 Å². The number of rotatable bonds is 5. The van der Waals surface area contributed by atoms with E-state index in [1.807, 2.05) is 37.3 Å². The van der Waals surface area contributed by atoms with Gasteiger partial charge < -0.3 is 10.6 Å². The van der Waals surface area contributed by atoms with Gasteiger partial charge in [-0.1, -0.05) is 29.8 Å². The maximum atomic E-state index is 13.8. The summed E-state index contributed by atoms with van der Waals surface area (Å²) in [6.07, 6.45) is 0. The molecule has 0 amide bonds. The van der Waals surface area contributed by atoms with Gasteiger partial charge in [0.05, 0.1) is 18.2 Å². The van der Waals surface area contributed by atoms with Crippen LogP contribution in [0.5, 0.6) is 0 Å². The van der Waals surface area contributed by atoms with E-state index in [1.165, 1.54) is 18.2 Å². The molecule has 24 heavy (non-hydrogen) atoms. The Morgan fingerprint density at radius 3 is 2.71 bits per heavy atom. The zero-order chi connectivity index (χ0) is 17.4. The molecule has 2 N–H and O–H groups in total. The lowest BCUT2D eigenvalue weighted by Gasteiger charge is -2.12. The van der Waals surface area contributed by atoms with Crippen molar-refractivity contribution >= 4 is 17.6 Å². The zero-order valence-electron chi connectivity index (χ0n) is 13.3. The Kier molecular flexibility index (Phi) is 6.59. The number of guanidine groups is 1. The van der Waals surface area contributed by atoms with Crippen molar-refractivity contribution in [2.45, 2.75) is 20.0 Å². The van der Waals surface area contributed by atoms with Crippen molar-refractivity contribution in [1.29, 1.82) is 5.26 Å². The molecule has 2 aromatic rings. The Morgan fingerprint density at radius 1 is 1.21 bits per heavy atom. The van der Waals surface area contributed by atoms with Crippen LogP contribution < -0.4 is 10.6 Å². The second-order valence-electron chi connectivity index (χ2n) is 5.06. The SMILES string of the molecule is CCNC(=NCc1cc(C#N)ccc1F)NCc1ccccc1Cl. The first-order valence-corrected chi connectivity index (χ1v) is 7.96. The molecule has 124 valence electrons. The minimum absolute atomic E-state index is 0.138. The van der Waals surface area contributed by atoms with Crippen LogP contribution in [0.2, 0.25) is 5.02 Å². The summed E-state index contributed by atoms with van der Waals surface area (Å²) in [4.78, 5) is 4.37. The molecule has 0 unspecified atom stereocenters. The van der Waals surface area contributed by atoms with Gasteiger partial charge in [-0.2, -0.15) is 5.26 Å². The molecule has 0 aliphatic rings. The van der Waals surface area contributed by atoms with Gasteiger partial charge >= 0.3 is 0 Å². The largest absolute Gasteiger partial charge is 0.357 e. The van der Waals surface area contributed by atoms with Gasteiger partial charge in [0.2, 0.25) is 0 Å². The van der Waals surface area contributed by atoms with Gasteiger partial charge in [0.1, 0.15) is 5.82 Å². The molecule has 2 aromatic carbocycles. The molecule has 0 saturated carbocycles. The van der Waals surface area contributed by atoms with Crippen molar-refractivity contribution < 1.29 is 4.39 Å². The molecule has 6 heteroatoms. The van der Waals surface area contributed by atoms with E-state index < -0.39 is 0 Å². The first-order valence-electron chi connectivity index (χ1n) is 7.58. The Morgan fingerprint density at radius 2 is 2.00 bits per heavy atom. The van der Waals surface area contributed by atoms with Crippen LogP contribution in [0.1, 0.15) is 23.6 Å². The third-order valence-corrected chi connectivity index (χ3v) is 3.70. The summed E-state index contributed by atoms with van der Waals surface area (Å²) in [6.45, 7) is 3.27. The van der Waals surface area contributed by atoms with Crippen LogP contribution in [0.4, 0.5) is 4.39 Å². The lowest BCUT2D eigenvalue weighted by atomic mass is 10.1. The first kappa shape index (κ1) is 17.8. The molecule has 2 rings (SSSR count). The number of nitrogens with zero attached hydrogens (tertiary/aromatic N) is 2. The van der Waals surface area contributed by atoms with E-state index in [0.29, 0.717) is 35.2 Å². The molecule has 0 bridgehead atoms. The van der Waals surface area contributed by atoms with Gasteiger partial charge in [0, 0.05) is 23.7 Å². The molecule has 0 atom stereocenters. The Hall–Kier alpha value is -2.58. The van der Waals surface area contributed by atoms with Crippen molar-refractivity contribution in [1.82, 2.24) is 10.6 Å². The molecular formula is C18H18ClFN4. The average molecular weight is 345 g/mol. The van der Waals surface area contributed by atoms with Gasteiger partial charge in [-0.25, -0.2) is 9.38 Å². The van der Waals surface area contributed by atoms with E-state index in [-0.39, 0.29) is 12.4 Å². The number of nitrogens with one attached hydrogen (secondary N) is 2. The lowest BCUT2D eigenvalue weighted by molar-refractivity contribution is 0.610. The molecule has 0 aliphatic heterocycles. The highest BCUT2D eigenvalue weighted by molar-refractivity contribution is 6.31. The molecule has 0 saturated heterocycles. The number of hydrogen-bond acceptors (Lipinski definition) is 2. The van der Waals surface area contributed by atoms with Crippen LogP contribution in [0, 0.1) is 17.1 Å². The second-order valence-corrected chi connectivity index (χ2v) is 5.47. The van der Waals surface area contributed by atoms with E-state index in [2.05, 4.69) is 15.6 Å². The summed E-state index contributed by atoms with van der Waals surface area (Å²) in [5, 5.41) is 15.8. The van der Waals surface area contributed by atoms with Crippen molar-refractivity contribution in [2.75, 3.05) is 6.54 Å². The number of hydrogen-bond donors (Lipinski definition) is 2. The van der Waals surface area contributed by atoms with Gasteiger partial charge in [-0.3, -0.25) is 0 Å². The predicted octanol–water partition coefficient (Wildman–Crippen LogP) is 3.61. The van der Waals surface area contributed by atoms with E-state index in [9.17, 15) is 4.39 Å². The average Bonchev–Trinajstić information content (AvgIpc) is 2.60. The minimum Gasteiger partial charge on any atom is -0.357 e. The Bertz CT molecular complexity index is 768. The Labute approximate surface area is 146 Å². The van der Waals surface area contributed by atoms with Crippen molar-refractivity contribution in [3.8, 4) is 6.07 Å². The zero-order valence-corrected chi connectivity index (χ0v) is 14.1. The van der Waals surface area contributed by atoms with Crippen molar-refractivity contribution in [2.24, 2.45) is 4.99 Å². The summed E-state index contributed by atoms with van der Waals surface area (Å²) in [5.41, 5.74) is 1.74. The predicted molar refractivity (Wildman–Crippen MR) is 94.2 cm³/mol. The molecule has 0 fully saturated rings. The molecule has 0 aromatic heterocycles. The van der Waals surface area contributed by atoms with Crippen LogP contribution in [0.15, 0.2) is 47.5 Å². The summed E-state index contributed by atoms with van der Waals surface area (Å²) in [6, 6.07) is 13.8. The maximum Gasteiger partial charge on any atom is 0.191 e. The topological polar surface area (TPSA) is 60.2 Å². The van der Waals surface area contributed by atoms with E-state index in [4.69, 9.17) is 16.9 Å². The van der Waals surface area contributed by atoms with Crippen LogP contribution in [0.25, 0.3) is 0 Å². The number of halogens is 2. The highest BCUT2D eigenvalue weighted by Crippen LogP contribution is 2.14. The molecule has 0 radical (unpaired) electrons. The maximum absolute atomic E-state index is 13.8. The van der Waals surface area contributed by atoms with E-state index in [1.54, 1.807) is 0 Å². The standard InChI is InChI=1S/C18H18ClFN4/c1-2-22-18(23-11-14-5-3-4-6-16(14)19)24-12-15-9-13(10-21)7-8-17(15)20/h3-9H,2,11-12H2,1H3,(H2,22,23,24). The first-order chi connectivity index (χ1) is 11.6. The molecule has 0 heterocycles. The molecular weight excluding hydrogens is 327 g/mol. The van der Waals surface area contributed by atoms with Crippen LogP contribution in [0.3, 0.4) is 0 Å². The van der Waals surface area contributed by atoms with Crippen molar-refractivity contribution in [3.05, 3.63) is 70.0 Å². The fraction of sp³-hybridized carbons (Fsp3) is 0.222. The number of nitriles is 1.